The fourth-order valence-electron chi connectivity index (χ4n) is 1.89. The highest BCUT2D eigenvalue weighted by Crippen LogP contribution is 2.14. The largest absolute Gasteiger partial charge is 0.396 e. The number of halogens is 1. The highest BCUT2D eigenvalue weighted by atomic mass is 19.1. The van der Waals surface area contributed by atoms with Crippen molar-refractivity contribution in [2.45, 2.75) is 19.9 Å². The van der Waals surface area contributed by atoms with Crippen LogP contribution in [0, 0.1) is 5.82 Å². The number of rotatable bonds is 4. The van der Waals surface area contributed by atoms with Gasteiger partial charge in [0.05, 0.1) is 11.4 Å². The van der Waals surface area contributed by atoms with Crippen molar-refractivity contribution in [1.29, 1.82) is 0 Å². The SMILES string of the molecule is CCCn1cc(NC(=O)c2ccc(N)c(F)c2)ccc1=O. The second kappa shape index (κ2) is 6.21. The van der Waals surface area contributed by atoms with Crippen LogP contribution in [0.4, 0.5) is 15.8 Å². The molecular weight excluding hydrogens is 273 g/mol. The zero-order valence-corrected chi connectivity index (χ0v) is 11.6. The van der Waals surface area contributed by atoms with Gasteiger partial charge in [-0.2, -0.15) is 0 Å². The van der Waals surface area contributed by atoms with Crippen LogP contribution in [0.1, 0.15) is 23.7 Å². The minimum absolute atomic E-state index is 0.0111. The van der Waals surface area contributed by atoms with Crippen LogP contribution in [0.5, 0.6) is 0 Å². The summed E-state index contributed by atoms with van der Waals surface area (Å²) in [6, 6.07) is 6.75. The van der Waals surface area contributed by atoms with Crippen LogP contribution in [-0.2, 0) is 6.54 Å². The van der Waals surface area contributed by atoms with Gasteiger partial charge in [-0.25, -0.2) is 4.39 Å². The van der Waals surface area contributed by atoms with Crippen molar-refractivity contribution in [3.05, 3.63) is 58.3 Å². The lowest BCUT2D eigenvalue weighted by molar-refractivity contribution is 0.102. The van der Waals surface area contributed by atoms with E-state index in [4.69, 9.17) is 5.73 Å². The van der Waals surface area contributed by atoms with E-state index in [1.807, 2.05) is 6.92 Å². The molecule has 3 N–H and O–H groups in total. The van der Waals surface area contributed by atoms with Gasteiger partial charge in [0.1, 0.15) is 5.82 Å². The summed E-state index contributed by atoms with van der Waals surface area (Å²) in [7, 11) is 0. The Morgan fingerprint density at radius 2 is 2.10 bits per heavy atom. The van der Waals surface area contributed by atoms with Crippen LogP contribution >= 0.6 is 0 Å². The number of nitrogens with zero attached hydrogens (tertiary/aromatic N) is 1. The molecule has 0 saturated carbocycles. The number of nitrogen functional groups attached to an aromatic ring is 1. The van der Waals surface area contributed by atoms with Crippen molar-refractivity contribution >= 4 is 17.3 Å². The number of aromatic nitrogens is 1. The van der Waals surface area contributed by atoms with Crippen molar-refractivity contribution in [2.24, 2.45) is 0 Å². The number of carbonyl (C=O) groups is 1. The third kappa shape index (κ3) is 3.47. The lowest BCUT2D eigenvalue weighted by Gasteiger charge is -2.09. The third-order valence-electron chi connectivity index (χ3n) is 2.97. The standard InChI is InChI=1S/C15H16FN3O2/c1-2-7-19-9-11(4-6-14(19)20)18-15(21)10-3-5-13(17)12(16)8-10/h3-6,8-9H,2,7,17H2,1H3,(H,18,21). The first-order valence-electron chi connectivity index (χ1n) is 6.58. The quantitative estimate of drug-likeness (QED) is 0.847. The fourth-order valence-corrected chi connectivity index (χ4v) is 1.89. The molecule has 2 aromatic rings. The molecule has 0 atom stereocenters. The molecule has 21 heavy (non-hydrogen) atoms. The number of pyridine rings is 1. The zero-order valence-electron chi connectivity index (χ0n) is 11.6. The smallest absolute Gasteiger partial charge is 0.255 e. The molecule has 0 aliphatic heterocycles. The summed E-state index contributed by atoms with van der Waals surface area (Å²) in [6.45, 7) is 2.52. The van der Waals surface area contributed by atoms with E-state index < -0.39 is 11.7 Å². The van der Waals surface area contributed by atoms with Gasteiger partial charge < -0.3 is 15.6 Å². The molecule has 0 fully saturated rings. The van der Waals surface area contributed by atoms with E-state index in [2.05, 4.69) is 5.32 Å². The van der Waals surface area contributed by atoms with Gasteiger partial charge in [-0.3, -0.25) is 9.59 Å². The molecular formula is C15H16FN3O2. The number of nitrogens with two attached hydrogens (primary N) is 1. The molecule has 2 rings (SSSR count). The first-order chi connectivity index (χ1) is 10.0. The van der Waals surface area contributed by atoms with Gasteiger partial charge in [0.2, 0.25) is 0 Å². The molecule has 0 radical (unpaired) electrons. The summed E-state index contributed by atoms with van der Waals surface area (Å²) in [6.07, 6.45) is 2.37. The van der Waals surface area contributed by atoms with Crippen molar-refractivity contribution in [2.75, 3.05) is 11.1 Å². The maximum absolute atomic E-state index is 13.3. The molecule has 1 amide bonds. The first kappa shape index (κ1) is 14.8. The molecule has 0 aliphatic carbocycles. The molecule has 0 saturated heterocycles. The van der Waals surface area contributed by atoms with Crippen molar-refractivity contribution < 1.29 is 9.18 Å². The summed E-state index contributed by atoms with van der Waals surface area (Å²) >= 11 is 0. The maximum atomic E-state index is 13.3. The summed E-state index contributed by atoms with van der Waals surface area (Å²) in [5, 5.41) is 2.62. The number of nitrogens with one attached hydrogen (secondary N) is 1. The van der Waals surface area contributed by atoms with Crippen molar-refractivity contribution in [3.8, 4) is 0 Å². The number of anilines is 2. The van der Waals surface area contributed by atoms with Crippen molar-refractivity contribution in [3.63, 3.8) is 0 Å². The Morgan fingerprint density at radius 1 is 1.33 bits per heavy atom. The predicted molar refractivity (Wildman–Crippen MR) is 79.8 cm³/mol. The number of carbonyl (C=O) groups excluding carboxylic acids is 1. The highest BCUT2D eigenvalue weighted by molar-refractivity contribution is 6.04. The highest BCUT2D eigenvalue weighted by Gasteiger charge is 2.09. The molecule has 6 heteroatoms. The first-order valence-corrected chi connectivity index (χ1v) is 6.58. The van der Waals surface area contributed by atoms with Crippen molar-refractivity contribution in [1.82, 2.24) is 4.57 Å². The van der Waals surface area contributed by atoms with E-state index in [-0.39, 0.29) is 16.8 Å². The van der Waals surface area contributed by atoms with Gasteiger partial charge in [0.15, 0.2) is 0 Å². The van der Waals surface area contributed by atoms with Crippen LogP contribution in [0.2, 0.25) is 0 Å². The van der Waals surface area contributed by atoms with E-state index >= 15 is 0 Å². The van der Waals surface area contributed by atoms with E-state index in [0.717, 1.165) is 12.5 Å². The molecule has 5 nitrogen and oxygen atoms in total. The van der Waals surface area contributed by atoms with Crippen LogP contribution in [0.25, 0.3) is 0 Å². The summed E-state index contributed by atoms with van der Waals surface area (Å²) in [4.78, 5) is 23.6. The maximum Gasteiger partial charge on any atom is 0.255 e. The average Bonchev–Trinajstić information content (AvgIpc) is 2.45. The van der Waals surface area contributed by atoms with Gasteiger partial charge in [-0.15, -0.1) is 0 Å². The molecule has 1 heterocycles. The molecule has 1 aromatic heterocycles. The number of amides is 1. The molecule has 110 valence electrons. The predicted octanol–water partition coefficient (Wildman–Crippen LogP) is 2.23. The normalized spacial score (nSPS) is 10.4. The Hall–Kier alpha value is -2.63. The minimum Gasteiger partial charge on any atom is -0.396 e. The van der Waals surface area contributed by atoms with Crippen LogP contribution in [-0.4, -0.2) is 10.5 Å². The Bertz CT molecular complexity index is 725. The number of hydrogen-bond donors (Lipinski definition) is 2. The van der Waals surface area contributed by atoms with Gasteiger partial charge >= 0.3 is 0 Å². The lowest BCUT2D eigenvalue weighted by atomic mass is 10.2. The summed E-state index contributed by atoms with van der Waals surface area (Å²) in [5.41, 5.74) is 5.86. The molecule has 0 unspecified atom stereocenters. The number of benzene rings is 1. The van der Waals surface area contributed by atoms with Gasteiger partial charge in [0.25, 0.3) is 11.5 Å². The Morgan fingerprint density at radius 3 is 2.76 bits per heavy atom. The minimum atomic E-state index is -0.640. The average molecular weight is 289 g/mol. The Kier molecular flexibility index (Phi) is 4.37. The fraction of sp³-hybridized carbons (Fsp3) is 0.200. The zero-order chi connectivity index (χ0) is 15.4. The topological polar surface area (TPSA) is 77.1 Å². The molecule has 0 spiro atoms. The lowest BCUT2D eigenvalue weighted by Crippen LogP contribution is -2.20. The molecule has 0 bridgehead atoms. The van der Waals surface area contributed by atoms with Crippen LogP contribution < -0.4 is 16.6 Å². The van der Waals surface area contributed by atoms with E-state index in [1.165, 1.54) is 28.8 Å². The molecule has 0 aliphatic rings. The van der Waals surface area contributed by atoms with Crippen LogP contribution in [0.15, 0.2) is 41.3 Å². The summed E-state index contributed by atoms with van der Waals surface area (Å²) in [5.74, 6) is -1.10. The Balaban J connectivity index is 2.21. The van der Waals surface area contributed by atoms with E-state index in [1.54, 1.807) is 6.20 Å². The van der Waals surface area contributed by atoms with Gasteiger partial charge in [-0.05, 0) is 30.7 Å². The van der Waals surface area contributed by atoms with Gasteiger partial charge in [-0.1, -0.05) is 6.92 Å². The monoisotopic (exact) mass is 289 g/mol. The van der Waals surface area contributed by atoms with Crippen LogP contribution in [0.3, 0.4) is 0 Å². The second-order valence-electron chi connectivity index (χ2n) is 4.64. The second-order valence-corrected chi connectivity index (χ2v) is 4.64. The van der Waals surface area contributed by atoms with E-state index in [0.29, 0.717) is 12.2 Å². The number of aryl methyl sites for hydroxylation is 1. The Labute approximate surface area is 121 Å². The third-order valence-corrected chi connectivity index (χ3v) is 2.97. The van der Waals surface area contributed by atoms with Gasteiger partial charge in [0, 0.05) is 24.4 Å². The van der Waals surface area contributed by atoms with E-state index in [9.17, 15) is 14.0 Å². The number of hydrogen-bond acceptors (Lipinski definition) is 3. The summed E-state index contributed by atoms with van der Waals surface area (Å²) < 4.78 is 14.9. The molecule has 1 aromatic carbocycles.